The number of carboxylic acid groups (broad SMARTS) is 2. The Morgan fingerprint density at radius 2 is 1.58 bits per heavy atom. The zero-order valence-electron chi connectivity index (χ0n) is 18.4. The van der Waals surface area contributed by atoms with Gasteiger partial charge in [0.25, 0.3) is 10.1 Å². The summed E-state index contributed by atoms with van der Waals surface area (Å²) in [6.07, 6.45) is 9.12. The summed E-state index contributed by atoms with van der Waals surface area (Å²) in [5.74, 6) is -2.53. The van der Waals surface area contributed by atoms with Gasteiger partial charge < -0.3 is 21.9 Å². The number of rotatable bonds is 14. The van der Waals surface area contributed by atoms with E-state index in [2.05, 4.69) is 13.8 Å². The van der Waals surface area contributed by atoms with Gasteiger partial charge in [-0.15, -0.1) is 6.42 Å². The van der Waals surface area contributed by atoms with E-state index in [0.717, 1.165) is 18.6 Å². The first-order chi connectivity index (χ1) is 14.1. The maximum absolute atomic E-state index is 10.2. The van der Waals surface area contributed by atoms with E-state index < -0.39 is 33.7 Å². The zero-order chi connectivity index (χ0) is 23.0. The van der Waals surface area contributed by atoms with Crippen LogP contribution in [0.4, 0.5) is 0 Å². The largest absolute Gasteiger partial charge is 1.00 e. The van der Waals surface area contributed by atoms with Crippen LogP contribution in [0.25, 0.3) is 0 Å². The van der Waals surface area contributed by atoms with Gasteiger partial charge in [-0.3, -0.25) is 14.1 Å². The molecule has 172 valence electrons. The van der Waals surface area contributed by atoms with E-state index in [1.807, 2.05) is 30.3 Å². The van der Waals surface area contributed by atoms with Gasteiger partial charge in [-0.05, 0) is 25.0 Å². The molecule has 0 saturated heterocycles. The fraction of sp³-hybridized carbons (Fsp3) is 0.571. The van der Waals surface area contributed by atoms with Crippen molar-refractivity contribution in [3.8, 4) is 5.75 Å². The van der Waals surface area contributed by atoms with Crippen LogP contribution in [-0.4, -0.2) is 46.5 Å². The van der Waals surface area contributed by atoms with Crippen molar-refractivity contribution in [1.29, 1.82) is 0 Å². The van der Waals surface area contributed by atoms with Gasteiger partial charge in [-0.1, -0.05) is 57.2 Å². The van der Waals surface area contributed by atoms with Gasteiger partial charge >= 0.3 is 41.5 Å². The normalized spacial score (nSPS) is 12.5. The van der Waals surface area contributed by atoms with E-state index in [9.17, 15) is 18.0 Å². The second-order valence-electron chi connectivity index (χ2n) is 6.84. The Balaban J connectivity index is 0. The summed E-state index contributed by atoms with van der Waals surface area (Å²) in [4.78, 5) is 20.0. The number of aliphatic carboxylic acids is 2. The molecule has 1 rings (SSSR count). The number of para-hydroxylation sites is 1. The molecule has 1 aromatic carbocycles. The summed E-state index contributed by atoms with van der Waals surface area (Å²) >= 11 is 0. The third-order valence-corrected chi connectivity index (χ3v) is 5.33. The van der Waals surface area contributed by atoms with E-state index in [1.54, 1.807) is 0 Å². The van der Waals surface area contributed by atoms with Crippen LogP contribution in [0.2, 0.25) is 0 Å². The van der Waals surface area contributed by atoms with Gasteiger partial charge in [0.05, 0.1) is 12.5 Å². The summed E-state index contributed by atoms with van der Waals surface area (Å²) in [5, 5.41) is 13.9. The molecule has 1 aromatic rings. The predicted molar refractivity (Wildman–Crippen MR) is 114 cm³/mol. The van der Waals surface area contributed by atoms with Crippen LogP contribution >= 0.6 is 0 Å². The van der Waals surface area contributed by atoms with Gasteiger partial charge in [0, 0.05) is 0 Å². The molecule has 0 aliphatic heterocycles. The van der Waals surface area contributed by atoms with Crippen LogP contribution in [0.5, 0.6) is 5.75 Å². The van der Waals surface area contributed by atoms with Gasteiger partial charge in [0.15, 0.2) is 5.25 Å². The van der Waals surface area contributed by atoms with Crippen molar-refractivity contribution in [2.45, 2.75) is 76.1 Å². The van der Waals surface area contributed by atoms with Crippen molar-refractivity contribution in [3.63, 3.8) is 0 Å². The zero-order valence-corrected chi connectivity index (χ0v) is 21.2. The molecule has 0 heterocycles. The first-order valence-corrected chi connectivity index (χ1v) is 11.5. The maximum Gasteiger partial charge on any atom is 1.00 e. The molecule has 0 radical (unpaired) electrons. The SMILES string of the molecule is O=C(O)CC(C(=O)O)S(=O)(=O)O.[CH2-]CC(CCCCCCCC)Oc1ccccc1.[Na+]. The van der Waals surface area contributed by atoms with Crippen molar-refractivity contribution in [2.75, 3.05) is 0 Å². The Labute approximate surface area is 207 Å². The van der Waals surface area contributed by atoms with Crippen molar-refractivity contribution in [3.05, 3.63) is 37.3 Å². The maximum atomic E-state index is 10.2. The monoisotopic (exact) mass is 468 g/mol. The van der Waals surface area contributed by atoms with Gasteiger partial charge in [0.1, 0.15) is 5.75 Å². The van der Waals surface area contributed by atoms with Crippen LogP contribution in [0.15, 0.2) is 30.3 Å². The second kappa shape index (κ2) is 18.4. The molecule has 10 heteroatoms. The van der Waals surface area contributed by atoms with Crippen LogP contribution in [0.3, 0.4) is 0 Å². The first kappa shape index (κ1) is 32.1. The number of carboxylic acids is 2. The molecular weight excluding hydrogens is 435 g/mol. The number of unbranched alkanes of at least 4 members (excludes halogenated alkanes) is 5. The van der Waals surface area contributed by atoms with E-state index in [1.165, 1.54) is 38.5 Å². The van der Waals surface area contributed by atoms with E-state index >= 15 is 0 Å². The molecular formula is C21H33NaO8S. The Morgan fingerprint density at radius 3 is 2.00 bits per heavy atom. The van der Waals surface area contributed by atoms with Crippen LogP contribution in [0, 0.1) is 6.92 Å². The average molecular weight is 469 g/mol. The molecule has 3 N–H and O–H groups in total. The number of hydrogen-bond donors (Lipinski definition) is 3. The van der Waals surface area contributed by atoms with E-state index in [0.29, 0.717) is 0 Å². The molecule has 0 fully saturated rings. The average Bonchev–Trinajstić information content (AvgIpc) is 2.68. The van der Waals surface area contributed by atoms with Gasteiger partial charge in [-0.2, -0.15) is 8.42 Å². The quantitative estimate of drug-likeness (QED) is 0.160. The summed E-state index contributed by atoms with van der Waals surface area (Å²) < 4.78 is 34.6. The molecule has 0 bridgehead atoms. The standard InChI is InChI=1S/C17H27O.C4H6O7S.Na/c1-3-5-6-7-8-10-13-16(4-2)18-17-14-11-9-12-15-17;5-3(6)1-2(4(7)8)12(9,10)11;/h9,11-12,14-16H,2-8,10,13H2,1H3;2H,1H2,(H,5,6)(H,7,8)(H,9,10,11);/q-1;;+1. The van der Waals surface area contributed by atoms with Crippen molar-refractivity contribution in [1.82, 2.24) is 0 Å². The van der Waals surface area contributed by atoms with Crippen molar-refractivity contribution >= 4 is 22.1 Å². The summed E-state index contributed by atoms with van der Waals surface area (Å²) in [5.41, 5.74) is 0. The topological polar surface area (TPSA) is 138 Å². The molecule has 31 heavy (non-hydrogen) atoms. The van der Waals surface area contributed by atoms with Crippen LogP contribution in [-0.2, 0) is 19.7 Å². The smallest absolute Gasteiger partial charge is 0.493 e. The molecule has 0 aliphatic carbocycles. The van der Waals surface area contributed by atoms with Crippen LogP contribution < -0.4 is 34.3 Å². The Bertz CT molecular complexity index is 709. The minimum atomic E-state index is -4.84. The summed E-state index contributed by atoms with van der Waals surface area (Å²) in [7, 11) is -4.84. The fourth-order valence-corrected chi connectivity index (χ4v) is 3.19. The fourth-order valence-electron chi connectivity index (χ4n) is 2.58. The molecule has 8 nitrogen and oxygen atoms in total. The van der Waals surface area contributed by atoms with Crippen molar-refractivity contribution < 1.29 is 67.1 Å². The molecule has 0 amide bonds. The Kier molecular flexibility index (Phi) is 19.1. The summed E-state index contributed by atoms with van der Waals surface area (Å²) in [6.45, 7) is 6.24. The second-order valence-corrected chi connectivity index (χ2v) is 8.44. The molecule has 2 unspecified atom stereocenters. The van der Waals surface area contributed by atoms with Gasteiger partial charge in [-0.25, -0.2) is 0 Å². The predicted octanol–water partition coefficient (Wildman–Crippen LogP) is 1.21. The molecule has 2 atom stereocenters. The van der Waals surface area contributed by atoms with E-state index in [4.69, 9.17) is 19.5 Å². The number of ether oxygens (including phenoxy) is 1. The third kappa shape index (κ3) is 17.1. The third-order valence-electron chi connectivity index (χ3n) is 4.24. The summed E-state index contributed by atoms with van der Waals surface area (Å²) in [6, 6.07) is 10.1. The molecule has 0 saturated carbocycles. The molecule has 0 aliphatic rings. The minimum Gasteiger partial charge on any atom is -0.493 e. The number of carbonyl (C=O) groups is 2. The Morgan fingerprint density at radius 1 is 1.03 bits per heavy atom. The van der Waals surface area contributed by atoms with Crippen molar-refractivity contribution in [2.24, 2.45) is 0 Å². The first-order valence-electron chi connectivity index (χ1n) is 10.0. The van der Waals surface area contributed by atoms with Crippen LogP contribution in [0.1, 0.15) is 64.7 Å². The number of benzene rings is 1. The van der Waals surface area contributed by atoms with Gasteiger partial charge in [0.2, 0.25) is 0 Å². The molecule has 0 spiro atoms. The molecule has 0 aromatic heterocycles. The Hall–Kier alpha value is -1.13. The number of hydrogen-bond acceptors (Lipinski definition) is 5. The van der Waals surface area contributed by atoms with E-state index in [-0.39, 0.29) is 35.7 Å². The minimum absolute atomic E-state index is 0.